The number of hydrogen-bond acceptors (Lipinski definition) is 5. The summed E-state index contributed by atoms with van der Waals surface area (Å²) >= 11 is 0. The molecule has 0 amide bonds. The average Bonchev–Trinajstić information content (AvgIpc) is 2.37. The number of nitrogens with one attached hydrogen (secondary N) is 1. The number of nitrogen functional groups attached to an aromatic ring is 1. The number of rotatable bonds is 4. The lowest BCUT2D eigenvalue weighted by molar-refractivity contribution is 0.303. The molecule has 0 saturated carbocycles. The van der Waals surface area contributed by atoms with Crippen LogP contribution < -0.4 is 10.5 Å². The van der Waals surface area contributed by atoms with E-state index in [9.17, 15) is 16.8 Å². The first-order chi connectivity index (χ1) is 9.68. The number of sulfonamides is 2. The molecule has 0 radical (unpaired) electrons. The first-order valence-corrected chi connectivity index (χ1v) is 9.84. The summed E-state index contributed by atoms with van der Waals surface area (Å²) in [6.07, 6.45) is 2.29. The van der Waals surface area contributed by atoms with E-state index in [0.29, 0.717) is 25.1 Å². The van der Waals surface area contributed by atoms with Crippen LogP contribution in [0.25, 0.3) is 0 Å². The predicted octanol–water partition coefficient (Wildman–Crippen LogP) is -0.0289. The minimum atomic E-state index is -3.65. The zero-order valence-corrected chi connectivity index (χ0v) is 13.3. The van der Waals surface area contributed by atoms with Crippen LogP contribution >= 0.6 is 0 Å². The predicted molar refractivity (Wildman–Crippen MR) is 80.6 cm³/mol. The summed E-state index contributed by atoms with van der Waals surface area (Å²) in [5.41, 5.74) is 5.99. The summed E-state index contributed by atoms with van der Waals surface area (Å²) in [5, 5.41) is 0. The van der Waals surface area contributed by atoms with Gasteiger partial charge in [-0.2, -0.15) is 4.31 Å². The minimum absolute atomic E-state index is 0.127. The fraction of sp³-hybridized carbons (Fsp3) is 0.500. The zero-order valence-electron chi connectivity index (χ0n) is 11.7. The molecule has 1 saturated heterocycles. The Kier molecular flexibility index (Phi) is 4.57. The highest BCUT2D eigenvalue weighted by Gasteiger charge is 2.31. The molecule has 9 heteroatoms. The second-order valence-corrected chi connectivity index (χ2v) is 8.88. The molecule has 1 aliphatic rings. The maximum atomic E-state index is 12.5. The highest BCUT2D eigenvalue weighted by atomic mass is 32.2. The van der Waals surface area contributed by atoms with E-state index in [4.69, 9.17) is 5.73 Å². The van der Waals surface area contributed by atoms with Crippen molar-refractivity contribution in [2.75, 3.05) is 25.1 Å². The molecule has 1 heterocycles. The highest BCUT2D eigenvalue weighted by molar-refractivity contribution is 7.89. The van der Waals surface area contributed by atoms with Gasteiger partial charge in [0, 0.05) is 24.8 Å². The van der Waals surface area contributed by atoms with Crippen molar-refractivity contribution in [1.82, 2.24) is 9.03 Å². The molecule has 1 aromatic rings. The van der Waals surface area contributed by atoms with Gasteiger partial charge in [0.15, 0.2) is 0 Å². The minimum Gasteiger partial charge on any atom is -0.399 e. The Bertz CT molecular complexity index is 716. The molecule has 7 nitrogen and oxygen atoms in total. The molecule has 0 spiro atoms. The second kappa shape index (κ2) is 5.91. The van der Waals surface area contributed by atoms with Crippen LogP contribution in [0.4, 0.5) is 5.69 Å². The molecule has 2 rings (SSSR count). The van der Waals surface area contributed by atoms with Crippen molar-refractivity contribution in [3.05, 3.63) is 24.3 Å². The van der Waals surface area contributed by atoms with Crippen molar-refractivity contribution < 1.29 is 16.8 Å². The Morgan fingerprint density at radius 2 is 2.00 bits per heavy atom. The third kappa shape index (κ3) is 4.16. The Labute approximate surface area is 125 Å². The van der Waals surface area contributed by atoms with Gasteiger partial charge in [-0.3, -0.25) is 0 Å². The summed E-state index contributed by atoms with van der Waals surface area (Å²) in [6, 6.07) is 5.69. The number of nitrogens with two attached hydrogens (primary N) is 1. The lowest BCUT2D eigenvalue weighted by Crippen LogP contribution is -2.49. The van der Waals surface area contributed by atoms with Crippen molar-refractivity contribution in [2.24, 2.45) is 0 Å². The van der Waals surface area contributed by atoms with Crippen molar-refractivity contribution in [3.8, 4) is 0 Å². The van der Waals surface area contributed by atoms with E-state index in [1.807, 2.05) is 0 Å². The summed E-state index contributed by atoms with van der Waals surface area (Å²) in [6.45, 7) is 0.503. The summed E-state index contributed by atoms with van der Waals surface area (Å²) in [4.78, 5) is 0.127. The van der Waals surface area contributed by atoms with E-state index in [-0.39, 0.29) is 11.4 Å². The average molecular weight is 333 g/mol. The third-order valence-corrected chi connectivity index (χ3v) is 5.88. The van der Waals surface area contributed by atoms with Gasteiger partial charge in [-0.05, 0) is 31.0 Å². The fourth-order valence-corrected chi connectivity index (χ4v) is 4.76. The van der Waals surface area contributed by atoms with E-state index in [1.165, 1.54) is 16.4 Å². The van der Waals surface area contributed by atoms with Crippen molar-refractivity contribution in [3.63, 3.8) is 0 Å². The van der Waals surface area contributed by atoms with E-state index in [1.54, 1.807) is 12.1 Å². The summed E-state index contributed by atoms with van der Waals surface area (Å²) in [7, 11) is -7.01. The molecule has 21 heavy (non-hydrogen) atoms. The topological polar surface area (TPSA) is 110 Å². The Hall–Kier alpha value is -1.16. The molecule has 0 aromatic heterocycles. The molecule has 0 bridgehead atoms. The molecule has 118 valence electrons. The maximum absolute atomic E-state index is 12.5. The van der Waals surface area contributed by atoms with Gasteiger partial charge in [0.2, 0.25) is 20.0 Å². The van der Waals surface area contributed by atoms with Crippen molar-refractivity contribution >= 4 is 25.7 Å². The van der Waals surface area contributed by atoms with Crippen LogP contribution in [0.3, 0.4) is 0 Å². The lowest BCUT2D eigenvalue weighted by atomic mass is 10.1. The Balaban J connectivity index is 2.20. The monoisotopic (exact) mass is 333 g/mol. The molecule has 3 N–H and O–H groups in total. The number of anilines is 1. The molecule has 1 unspecified atom stereocenters. The normalized spacial score (nSPS) is 21.3. The first-order valence-electron chi connectivity index (χ1n) is 6.51. The van der Waals surface area contributed by atoms with Gasteiger partial charge < -0.3 is 5.73 Å². The van der Waals surface area contributed by atoms with Gasteiger partial charge in [0.05, 0.1) is 11.2 Å². The fourth-order valence-electron chi connectivity index (χ4n) is 2.38. The van der Waals surface area contributed by atoms with Crippen LogP contribution in [0.2, 0.25) is 0 Å². The van der Waals surface area contributed by atoms with Gasteiger partial charge in [-0.25, -0.2) is 21.6 Å². The molecule has 1 fully saturated rings. The van der Waals surface area contributed by atoms with Crippen LogP contribution in [0.15, 0.2) is 29.2 Å². The van der Waals surface area contributed by atoms with Gasteiger partial charge in [-0.15, -0.1) is 0 Å². The number of piperidine rings is 1. The van der Waals surface area contributed by atoms with Crippen LogP contribution in [0.5, 0.6) is 0 Å². The van der Waals surface area contributed by atoms with E-state index < -0.39 is 26.1 Å². The largest absolute Gasteiger partial charge is 0.399 e. The molecule has 1 aromatic carbocycles. The summed E-state index contributed by atoms with van der Waals surface area (Å²) in [5.74, 6) is 0. The van der Waals surface area contributed by atoms with E-state index >= 15 is 0 Å². The SMILES string of the molecule is CS(=O)(=O)NC1CCCN(S(=O)(=O)c2cccc(N)c2)C1. The number of nitrogens with zero attached hydrogens (tertiary/aromatic N) is 1. The van der Waals surface area contributed by atoms with Gasteiger partial charge in [0.25, 0.3) is 0 Å². The molecule has 0 aliphatic carbocycles. The van der Waals surface area contributed by atoms with Gasteiger partial charge in [-0.1, -0.05) is 6.07 Å². The Morgan fingerprint density at radius 1 is 1.29 bits per heavy atom. The number of benzene rings is 1. The Morgan fingerprint density at radius 3 is 2.62 bits per heavy atom. The highest BCUT2D eigenvalue weighted by Crippen LogP contribution is 2.22. The second-order valence-electron chi connectivity index (χ2n) is 5.16. The van der Waals surface area contributed by atoms with Gasteiger partial charge in [0.1, 0.15) is 0 Å². The zero-order chi connectivity index (χ0) is 15.7. The third-order valence-electron chi connectivity index (χ3n) is 3.26. The van der Waals surface area contributed by atoms with Crippen LogP contribution in [0.1, 0.15) is 12.8 Å². The van der Waals surface area contributed by atoms with Crippen molar-refractivity contribution in [2.45, 2.75) is 23.8 Å². The first kappa shape index (κ1) is 16.2. The molecular formula is C12H19N3O4S2. The number of hydrogen-bond donors (Lipinski definition) is 2. The van der Waals surface area contributed by atoms with Crippen LogP contribution in [0, 0.1) is 0 Å². The van der Waals surface area contributed by atoms with Gasteiger partial charge >= 0.3 is 0 Å². The van der Waals surface area contributed by atoms with E-state index in [2.05, 4.69) is 4.72 Å². The summed E-state index contributed by atoms with van der Waals surface area (Å²) < 4.78 is 51.4. The lowest BCUT2D eigenvalue weighted by Gasteiger charge is -2.31. The molecular weight excluding hydrogens is 314 g/mol. The quantitative estimate of drug-likeness (QED) is 0.752. The van der Waals surface area contributed by atoms with Crippen molar-refractivity contribution in [1.29, 1.82) is 0 Å². The van der Waals surface area contributed by atoms with Crippen LogP contribution in [-0.2, 0) is 20.0 Å². The standard InChI is InChI=1S/C12H19N3O4S2/c1-20(16,17)14-11-5-3-7-15(9-11)21(18,19)12-6-2-4-10(13)8-12/h2,4,6,8,11,14H,3,5,7,9,13H2,1H3. The maximum Gasteiger partial charge on any atom is 0.243 e. The van der Waals surface area contributed by atoms with Crippen LogP contribution in [-0.4, -0.2) is 46.5 Å². The molecule has 1 atom stereocenters. The smallest absolute Gasteiger partial charge is 0.243 e. The molecule has 1 aliphatic heterocycles. The van der Waals surface area contributed by atoms with E-state index in [0.717, 1.165) is 6.26 Å².